The second-order valence-corrected chi connectivity index (χ2v) is 5.42. The molecule has 0 aliphatic heterocycles. The lowest BCUT2D eigenvalue weighted by molar-refractivity contribution is 0.295. The molecule has 0 fully saturated rings. The monoisotopic (exact) mass is 349 g/mol. The van der Waals surface area contributed by atoms with Gasteiger partial charge >= 0.3 is 0 Å². The number of nitrogens with zero attached hydrogens (tertiary/aromatic N) is 2. The number of anilines is 1. The molecule has 0 saturated heterocycles. The number of benzene rings is 1. The van der Waals surface area contributed by atoms with Gasteiger partial charge in [-0.3, -0.25) is 0 Å². The lowest BCUT2D eigenvalue weighted by Gasteiger charge is -2.12. The summed E-state index contributed by atoms with van der Waals surface area (Å²) < 4.78 is 6.68. The zero-order valence-corrected chi connectivity index (χ0v) is 14.0. The first-order valence-corrected chi connectivity index (χ1v) is 8.00. The van der Waals surface area contributed by atoms with E-state index in [1.54, 1.807) is 0 Å². The molecule has 5 heteroatoms. The van der Waals surface area contributed by atoms with Gasteiger partial charge < -0.3 is 10.1 Å². The second kappa shape index (κ2) is 7.98. The molecule has 0 bridgehead atoms. The minimum Gasteiger partial charge on any atom is -0.486 e. The van der Waals surface area contributed by atoms with Crippen molar-refractivity contribution in [3.63, 3.8) is 0 Å². The fraction of sp³-hybridized carbons (Fsp3) is 0.375. The molecule has 1 aromatic heterocycles. The summed E-state index contributed by atoms with van der Waals surface area (Å²) in [5.41, 5.74) is 1.02. The van der Waals surface area contributed by atoms with Crippen LogP contribution in [0.1, 0.15) is 31.8 Å². The first-order chi connectivity index (χ1) is 10.2. The summed E-state index contributed by atoms with van der Waals surface area (Å²) in [6.45, 7) is 5.38. The van der Waals surface area contributed by atoms with Gasteiger partial charge in [0.1, 0.15) is 18.2 Å². The van der Waals surface area contributed by atoms with Crippen molar-refractivity contribution in [3.05, 3.63) is 46.3 Å². The summed E-state index contributed by atoms with van der Waals surface area (Å²) in [7, 11) is 0. The Balaban J connectivity index is 2.18. The van der Waals surface area contributed by atoms with E-state index in [-0.39, 0.29) is 0 Å². The van der Waals surface area contributed by atoms with Crippen molar-refractivity contribution in [2.45, 2.75) is 33.3 Å². The Hall–Kier alpha value is -1.62. The van der Waals surface area contributed by atoms with Gasteiger partial charge in [-0.25, -0.2) is 9.97 Å². The summed E-state index contributed by atoms with van der Waals surface area (Å²) in [6, 6.07) is 9.72. The highest BCUT2D eigenvalue weighted by Gasteiger charge is 2.11. The molecule has 1 heterocycles. The van der Waals surface area contributed by atoms with Crippen LogP contribution in [-0.4, -0.2) is 16.5 Å². The molecule has 0 radical (unpaired) electrons. The molecule has 21 heavy (non-hydrogen) atoms. The van der Waals surface area contributed by atoms with E-state index in [1.165, 1.54) is 0 Å². The van der Waals surface area contributed by atoms with Crippen molar-refractivity contribution in [2.75, 3.05) is 11.9 Å². The third-order valence-corrected chi connectivity index (χ3v) is 3.74. The fourth-order valence-electron chi connectivity index (χ4n) is 1.96. The van der Waals surface area contributed by atoms with Crippen LogP contribution >= 0.6 is 15.9 Å². The van der Waals surface area contributed by atoms with Gasteiger partial charge in [0.2, 0.25) is 0 Å². The van der Waals surface area contributed by atoms with Crippen molar-refractivity contribution >= 4 is 21.7 Å². The van der Waals surface area contributed by atoms with E-state index in [0.717, 1.165) is 41.1 Å². The molecule has 2 rings (SSSR count). The van der Waals surface area contributed by atoms with Gasteiger partial charge in [0, 0.05) is 6.54 Å². The Bertz CT molecular complexity index is 548. The van der Waals surface area contributed by atoms with Crippen molar-refractivity contribution in [3.8, 4) is 5.75 Å². The molecule has 4 nitrogen and oxygen atoms in total. The number of hydrogen-bond donors (Lipinski definition) is 1. The van der Waals surface area contributed by atoms with Crippen LogP contribution in [0, 0.1) is 0 Å². The molecule has 112 valence electrons. The molecule has 0 amide bonds. The van der Waals surface area contributed by atoms with Gasteiger partial charge in [-0.1, -0.05) is 31.5 Å². The third-order valence-electron chi connectivity index (χ3n) is 2.91. The summed E-state index contributed by atoms with van der Waals surface area (Å²) in [4.78, 5) is 9.12. The second-order valence-electron chi connectivity index (χ2n) is 4.63. The summed E-state index contributed by atoms with van der Waals surface area (Å²) in [5.74, 6) is 2.36. The van der Waals surface area contributed by atoms with Crippen LogP contribution in [0.3, 0.4) is 0 Å². The van der Waals surface area contributed by atoms with Gasteiger partial charge in [-0.15, -0.1) is 0 Å². The minimum atomic E-state index is 0.367. The molecule has 0 aliphatic rings. The maximum Gasteiger partial charge on any atom is 0.168 e. The number of halogens is 1. The molecule has 0 aliphatic carbocycles. The normalized spacial score (nSPS) is 10.4. The van der Waals surface area contributed by atoms with Crippen LogP contribution in [0.2, 0.25) is 0 Å². The van der Waals surface area contributed by atoms with Crippen molar-refractivity contribution < 1.29 is 4.74 Å². The molecule has 0 atom stereocenters. The van der Waals surface area contributed by atoms with Crippen LogP contribution in [-0.2, 0) is 13.0 Å². The van der Waals surface area contributed by atoms with Crippen LogP contribution in [0.25, 0.3) is 0 Å². The Morgan fingerprint density at radius 1 is 1.14 bits per heavy atom. The van der Waals surface area contributed by atoms with E-state index in [9.17, 15) is 0 Å². The lowest BCUT2D eigenvalue weighted by Crippen LogP contribution is -2.10. The topological polar surface area (TPSA) is 47.0 Å². The molecule has 0 unspecified atom stereocenters. The SMILES string of the molecule is CCCc1nc(COc2ccccc2)nc(NCC)c1Br. The highest BCUT2D eigenvalue weighted by atomic mass is 79.9. The van der Waals surface area contributed by atoms with Crippen molar-refractivity contribution in [2.24, 2.45) is 0 Å². The van der Waals surface area contributed by atoms with Gasteiger partial charge in [-0.05, 0) is 41.4 Å². The maximum absolute atomic E-state index is 5.73. The minimum absolute atomic E-state index is 0.367. The summed E-state index contributed by atoms with van der Waals surface area (Å²) >= 11 is 3.59. The van der Waals surface area contributed by atoms with Gasteiger partial charge in [0.15, 0.2) is 5.82 Å². The largest absolute Gasteiger partial charge is 0.486 e. The van der Waals surface area contributed by atoms with Crippen molar-refractivity contribution in [1.29, 1.82) is 0 Å². The Morgan fingerprint density at radius 3 is 2.57 bits per heavy atom. The van der Waals surface area contributed by atoms with Gasteiger partial charge in [0.25, 0.3) is 0 Å². The smallest absolute Gasteiger partial charge is 0.168 e. The molecule has 2 aromatic rings. The maximum atomic E-state index is 5.73. The highest BCUT2D eigenvalue weighted by Crippen LogP contribution is 2.25. The predicted molar refractivity (Wildman–Crippen MR) is 88.7 cm³/mol. The fourth-order valence-corrected chi connectivity index (χ4v) is 2.48. The number of ether oxygens (including phenoxy) is 1. The quantitative estimate of drug-likeness (QED) is 0.813. The molecular formula is C16H20BrN3O. The lowest BCUT2D eigenvalue weighted by atomic mass is 10.2. The Morgan fingerprint density at radius 2 is 1.90 bits per heavy atom. The molecular weight excluding hydrogens is 330 g/mol. The zero-order chi connectivity index (χ0) is 15.1. The number of aromatic nitrogens is 2. The van der Waals surface area contributed by atoms with Crippen molar-refractivity contribution in [1.82, 2.24) is 9.97 Å². The number of nitrogens with one attached hydrogen (secondary N) is 1. The van der Waals surface area contributed by atoms with E-state index in [4.69, 9.17) is 4.74 Å². The Labute approximate surface area is 134 Å². The first-order valence-electron chi connectivity index (χ1n) is 7.21. The van der Waals surface area contributed by atoms with Gasteiger partial charge in [0.05, 0.1) is 10.2 Å². The Kier molecular flexibility index (Phi) is 5.99. The average molecular weight is 350 g/mol. The summed E-state index contributed by atoms with van der Waals surface area (Å²) in [6.07, 6.45) is 1.96. The molecule has 0 saturated carbocycles. The van der Waals surface area contributed by atoms with E-state index in [2.05, 4.69) is 38.1 Å². The van der Waals surface area contributed by atoms with Crippen LogP contribution in [0.4, 0.5) is 5.82 Å². The third kappa shape index (κ3) is 4.43. The van der Waals surface area contributed by atoms with E-state index < -0.39 is 0 Å². The molecule has 1 aromatic carbocycles. The molecule has 0 spiro atoms. The zero-order valence-electron chi connectivity index (χ0n) is 12.4. The predicted octanol–water partition coefficient (Wildman–Crippen LogP) is 4.20. The van der Waals surface area contributed by atoms with Gasteiger partial charge in [-0.2, -0.15) is 0 Å². The van der Waals surface area contributed by atoms with E-state index in [0.29, 0.717) is 12.4 Å². The summed E-state index contributed by atoms with van der Waals surface area (Å²) in [5, 5.41) is 3.26. The number of para-hydroxylation sites is 1. The van der Waals surface area contributed by atoms with E-state index >= 15 is 0 Å². The van der Waals surface area contributed by atoms with E-state index in [1.807, 2.05) is 37.3 Å². The van der Waals surface area contributed by atoms with Crippen LogP contribution in [0.5, 0.6) is 5.75 Å². The van der Waals surface area contributed by atoms with Crippen LogP contribution < -0.4 is 10.1 Å². The standard InChI is InChI=1S/C16H20BrN3O/c1-3-8-13-15(17)16(18-4-2)20-14(19-13)11-21-12-9-6-5-7-10-12/h5-7,9-10H,3-4,8,11H2,1-2H3,(H,18,19,20). The number of aryl methyl sites for hydroxylation is 1. The number of rotatable bonds is 7. The number of hydrogen-bond acceptors (Lipinski definition) is 4. The van der Waals surface area contributed by atoms with Crippen LogP contribution in [0.15, 0.2) is 34.8 Å². The average Bonchev–Trinajstić information content (AvgIpc) is 2.51. The highest BCUT2D eigenvalue weighted by molar-refractivity contribution is 9.10. The first kappa shape index (κ1) is 15.8. The molecule has 1 N–H and O–H groups in total.